The predicted molar refractivity (Wildman–Crippen MR) is 126 cm³/mol. The molecule has 0 spiro atoms. The minimum atomic E-state index is -3.46. The summed E-state index contributed by atoms with van der Waals surface area (Å²) in [6, 6.07) is 9.76. The van der Waals surface area contributed by atoms with Crippen molar-refractivity contribution in [1.82, 2.24) is 9.21 Å². The monoisotopic (exact) mass is 553 g/mol. The van der Waals surface area contributed by atoms with Crippen LogP contribution in [0.5, 0.6) is 0 Å². The summed E-state index contributed by atoms with van der Waals surface area (Å²) in [5, 5.41) is 1.74. The first-order chi connectivity index (χ1) is 13.4. The molecule has 0 atom stereocenters. The lowest BCUT2D eigenvalue weighted by Gasteiger charge is -2.36. The van der Waals surface area contributed by atoms with Gasteiger partial charge in [-0.25, -0.2) is 12.8 Å². The van der Waals surface area contributed by atoms with E-state index in [0.29, 0.717) is 29.8 Å². The number of piperazine rings is 1. The van der Waals surface area contributed by atoms with E-state index in [1.54, 1.807) is 36.7 Å². The van der Waals surface area contributed by atoms with Crippen molar-refractivity contribution >= 4 is 57.0 Å². The lowest BCUT2D eigenvalue weighted by atomic mass is 10.2. The molecule has 1 aromatic heterocycles. The number of hydrogen-bond acceptors (Lipinski definition) is 5. The molecule has 0 amide bonds. The Hall–Kier alpha value is -1.44. The number of rotatable bonds is 6. The van der Waals surface area contributed by atoms with Crippen molar-refractivity contribution in [2.75, 3.05) is 51.2 Å². The van der Waals surface area contributed by atoms with E-state index in [9.17, 15) is 12.8 Å². The number of aliphatic imine (C=N–C) groups is 1. The number of nitrogens with two attached hydrogens (primary N) is 1. The smallest absolute Gasteiger partial charge is 0.252 e. The average molecular weight is 553 g/mol. The van der Waals surface area contributed by atoms with Gasteiger partial charge in [0.2, 0.25) is 0 Å². The molecule has 0 bridgehead atoms. The van der Waals surface area contributed by atoms with Gasteiger partial charge >= 0.3 is 0 Å². The zero-order valence-corrected chi connectivity index (χ0v) is 20.0. The molecule has 29 heavy (non-hydrogen) atoms. The molecule has 3 rings (SSSR count). The number of likely N-dealkylation sites (N-methyl/N-ethyl adjacent to an activating group) is 1. The van der Waals surface area contributed by atoms with Gasteiger partial charge in [0.25, 0.3) is 10.0 Å². The van der Waals surface area contributed by atoms with Crippen molar-refractivity contribution in [3.05, 3.63) is 47.6 Å². The highest BCUT2D eigenvalue weighted by atomic mass is 127. The van der Waals surface area contributed by atoms with Gasteiger partial charge in [-0.1, -0.05) is 6.07 Å². The van der Waals surface area contributed by atoms with Crippen LogP contribution in [0.15, 0.2) is 51.0 Å². The topological polar surface area (TPSA) is 82.2 Å². The molecule has 1 aliphatic heterocycles. The van der Waals surface area contributed by atoms with E-state index >= 15 is 0 Å². The zero-order chi connectivity index (χ0) is 20.1. The highest BCUT2D eigenvalue weighted by molar-refractivity contribution is 14.0. The molecule has 1 aromatic carbocycles. The van der Waals surface area contributed by atoms with Gasteiger partial charge in [0.15, 0.2) is 5.96 Å². The van der Waals surface area contributed by atoms with E-state index in [0.717, 1.165) is 18.8 Å². The Bertz CT molecular complexity index is 899. The Morgan fingerprint density at radius 3 is 2.45 bits per heavy atom. The Balaban J connectivity index is 0.00000300. The zero-order valence-electron chi connectivity index (χ0n) is 16.1. The number of nitrogens with zero attached hydrogens (tertiary/aromatic N) is 4. The molecule has 11 heteroatoms. The molecular formula is C18H25FIN5O2S2. The van der Waals surface area contributed by atoms with Gasteiger partial charge in [-0.15, -0.1) is 35.3 Å². The average Bonchev–Trinajstić information content (AvgIpc) is 3.24. The van der Waals surface area contributed by atoms with Crippen molar-refractivity contribution < 1.29 is 12.8 Å². The summed E-state index contributed by atoms with van der Waals surface area (Å²) in [5.74, 6) is 0.172. The minimum Gasteiger partial charge on any atom is -0.370 e. The maximum absolute atomic E-state index is 13.1. The first-order valence-electron chi connectivity index (χ1n) is 8.93. The molecule has 1 aliphatic rings. The van der Waals surface area contributed by atoms with Gasteiger partial charge in [-0.2, -0.15) is 4.31 Å². The van der Waals surface area contributed by atoms with Crippen LogP contribution in [-0.2, 0) is 10.0 Å². The number of halogens is 2. The molecule has 1 fully saturated rings. The fourth-order valence-electron chi connectivity index (χ4n) is 2.94. The largest absolute Gasteiger partial charge is 0.370 e. The Labute approximate surface area is 192 Å². The third-order valence-corrected chi connectivity index (χ3v) is 7.87. The third-order valence-electron chi connectivity index (χ3n) is 4.64. The first kappa shape index (κ1) is 23.8. The SMILES string of the molecule is CN(CCN=C(N)N1CCN(c2ccc(F)cc2)CC1)S(=O)(=O)c1cccs1.I. The number of guanidine groups is 1. The molecule has 7 nitrogen and oxygen atoms in total. The number of sulfonamides is 1. The number of anilines is 1. The van der Waals surface area contributed by atoms with Crippen molar-refractivity contribution in [2.45, 2.75) is 4.21 Å². The summed E-state index contributed by atoms with van der Waals surface area (Å²) in [6.07, 6.45) is 0. The molecule has 160 valence electrons. The van der Waals surface area contributed by atoms with Gasteiger partial charge in [0, 0.05) is 45.5 Å². The fourth-order valence-corrected chi connectivity index (χ4v) is 5.30. The van der Waals surface area contributed by atoms with E-state index in [2.05, 4.69) is 9.89 Å². The Morgan fingerprint density at radius 1 is 1.21 bits per heavy atom. The van der Waals surface area contributed by atoms with Crippen LogP contribution >= 0.6 is 35.3 Å². The standard InChI is InChI=1S/C18H24FN5O2S2.HI/c1-22(28(25,26)17-3-2-14-27-17)9-8-21-18(20)24-12-10-23(11-13-24)16-6-4-15(19)5-7-16;/h2-7,14H,8-13H2,1H3,(H2,20,21);1H. The van der Waals surface area contributed by atoms with Crippen molar-refractivity contribution in [2.24, 2.45) is 10.7 Å². The summed E-state index contributed by atoms with van der Waals surface area (Å²) in [6.45, 7) is 3.48. The number of benzene rings is 1. The van der Waals surface area contributed by atoms with E-state index in [4.69, 9.17) is 5.73 Å². The molecule has 0 unspecified atom stereocenters. The molecule has 2 aromatic rings. The lowest BCUT2D eigenvalue weighted by Crippen LogP contribution is -2.51. The van der Waals surface area contributed by atoms with Gasteiger partial charge in [-0.05, 0) is 35.7 Å². The van der Waals surface area contributed by atoms with Gasteiger partial charge in [-0.3, -0.25) is 4.99 Å². The molecule has 0 radical (unpaired) electrons. The van der Waals surface area contributed by atoms with Crippen LogP contribution in [0, 0.1) is 5.82 Å². The predicted octanol–water partition coefficient (Wildman–Crippen LogP) is 2.26. The second kappa shape index (κ2) is 10.5. The van der Waals surface area contributed by atoms with E-state index in [1.807, 2.05) is 4.90 Å². The van der Waals surface area contributed by atoms with E-state index in [-0.39, 0.29) is 36.3 Å². The molecule has 0 saturated carbocycles. The van der Waals surface area contributed by atoms with Gasteiger partial charge < -0.3 is 15.5 Å². The third kappa shape index (κ3) is 6.03. The number of thiophene rings is 1. The first-order valence-corrected chi connectivity index (χ1v) is 11.2. The second-order valence-corrected chi connectivity index (χ2v) is 9.67. The molecule has 2 N–H and O–H groups in total. The highest BCUT2D eigenvalue weighted by Gasteiger charge is 2.22. The molecule has 0 aliphatic carbocycles. The summed E-state index contributed by atoms with van der Waals surface area (Å²) in [7, 11) is -1.92. The maximum atomic E-state index is 13.1. The van der Waals surface area contributed by atoms with Crippen molar-refractivity contribution in [1.29, 1.82) is 0 Å². The maximum Gasteiger partial charge on any atom is 0.252 e. The van der Waals surface area contributed by atoms with Crippen LogP contribution < -0.4 is 10.6 Å². The summed E-state index contributed by atoms with van der Waals surface area (Å²) >= 11 is 1.20. The molecule has 1 saturated heterocycles. The van der Waals surface area contributed by atoms with E-state index < -0.39 is 10.0 Å². The number of hydrogen-bond donors (Lipinski definition) is 1. The van der Waals surface area contributed by atoms with E-state index in [1.165, 1.54) is 27.8 Å². The highest BCUT2D eigenvalue weighted by Crippen LogP contribution is 2.19. The Kier molecular flexibility index (Phi) is 8.67. The summed E-state index contributed by atoms with van der Waals surface area (Å²) in [4.78, 5) is 8.49. The van der Waals surface area contributed by atoms with Crippen LogP contribution in [0.2, 0.25) is 0 Å². The summed E-state index contributed by atoms with van der Waals surface area (Å²) < 4.78 is 39.4. The van der Waals surface area contributed by atoms with Crippen LogP contribution in [0.4, 0.5) is 10.1 Å². The quantitative estimate of drug-likeness (QED) is 0.337. The summed E-state index contributed by atoms with van der Waals surface area (Å²) in [5.41, 5.74) is 7.07. The van der Waals surface area contributed by atoms with Gasteiger partial charge in [0.05, 0.1) is 6.54 Å². The van der Waals surface area contributed by atoms with Gasteiger partial charge in [0.1, 0.15) is 10.0 Å². The normalized spacial score (nSPS) is 15.5. The lowest BCUT2D eigenvalue weighted by molar-refractivity contribution is 0.380. The second-order valence-electron chi connectivity index (χ2n) is 6.45. The van der Waals surface area contributed by atoms with Crippen LogP contribution in [0.25, 0.3) is 0 Å². The van der Waals surface area contributed by atoms with Crippen LogP contribution in [0.3, 0.4) is 0 Å². The fraction of sp³-hybridized carbons (Fsp3) is 0.389. The van der Waals surface area contributed by atoms with Crippen molar-refractivity contribution in [3.63, 3.8) is 0 Å². The van der Waals surface area contributed by atoms with Crippen molar-refractivity contribution in [3.8, 4) is 0 Å². The molecular weight excluding hydrogens is 528 g/mol. The van der Waals surface area contributed by atoms with Crippen LogP contribution in [-0.4, -0.2) is 69.9 Å². The van der Waals surface area contributed by atoms with Crippen LogP contribution in [0.1, 0.15) is 0 Å². The minimum absolute atomic E-state index is 0. The Morgan fingerprint density at radius 2 is 1.86 bits per heavy atom. The molecule has 2 heterocycles.